The number of ether oxygens (including phenoxy) is 1. The van der Waals surface area contributed by atoms with Crippen LogP contribution in [-0.2, 0) is 0 Å². The Morgan fingerprint density at radius 2 is 2.13 bits per heavy atom. The molecule has 0 atom stereocenters. The fourth-order valence-electron chi connectivity index (χ4n) is 1.95. The summed E-state index contributed by atoms with van der Waals surface area (Å²) in [5.74, 6) is -0.242. The van der Waals surface area contributed by atoms with Gasteiger partial charge < -0.3 is 21.5 Å². The standard InChI is InChI=1S/C14H16ClN5O3/c1-2-5-23-9-4-3-7(6-8(9)15)10-11(18-14(17)22)12(13(16)21)20-19-10/h3-4,6H,2,5H2,1H3,(H2,16,21)(H,19,20)(H3,17,18,22). The number of benzene rings is 1. The number of halogens is 1. The SMILES string of the molecule is CCCOc1ccc(-c2n[nH]c(C(N)=O)c2NC(N)=O)cc1Cl. The molecular formula is C14H16ClN5O3. The molecule has 0 aliphatic rings. The van der Waals surface area contributed by atoms with Gasteiger partial charge in [0.15, 0.2) is 0 Å². The first kappa shape index (κ1) is 16.6. The molecule has 0 bridgehead atoms. The number of carbonyl (C=O) groups is 2. The molecule has 1 aromatic heterocycles. The lowest BCUT2D eigenvalue weighted by molar-refractivity contribution is 0.0996. The normalized spacial score (nSPS) is 10.3. The summed E-state index contributed by atoms with van der Waals surface area (Å²) >= 11 is 6.18. The number of amides is 3. The summed E-state index contributed by atoms with van der Waals surface area (Å²) in [5.41, 5.74) is 11.3. The third-order valence-corrected chi connectivity index (χ3v) is 3.22. The van der Waals surface area contributed by atoms with Gasteiger partial charge in [-0.15, -0.1) is 0 Å². The van der Waals surface area contributed by atoms with Crippen molar-refractivity contribution in [3.63, 3.8) is 0 Å². The molecule has 1 aromatic carbocycles. The number of anilines is 1. The van der Waals surface area contributed by atoms with Crippen LogP contribution < -0.4 is 21.5 Å². The number of rotatable bonds is 6. The lowest BCUT2D eigenvalue weighted by atomic mass is 10.1. The number of hydrogen-bond acceptors (Lipinski definition) is 4. The number of primary amides is 2. The zero-order valence-corrected chi connectivity index (χ0v) is 13.1. The van der Waals surface area contributed by atoms with Gasteiger partial charge >= 0.3 is 6.03 Å². The molecule has 9 heteroatoms. The Hall–Kier alpha value is -2.74. The van der Waals surface area contributed by atoms with Gasteiger partial charge in [0.05, 0.1) is 11.6 Å². The molecule has 2 aromatic rings. The highest BCUT2D eigenvalue weighted by Crippen LogP contribution is 2.34. The first-order valence-corrected chi connectivity index (χ1v) is 7.19. The number of urea groups is 1. The zero-order valence-electron chi connectivity index (χ0n) is 12.4. The summed E-state index contributed by atoms with van der Waals surface area (Å²) in [6.07, 6.45) is 0.853. The van der Waals surface area contributed by atoms with Gasteiger partial charge in [-0.25, -0.2) is 4.79 Å². The number of hydrogen-bond donors (Lipinski definition) is 4. The van der Waals surface area contributed by atoms with E-state index in [1.807, 2.05) is 6.92 Å². The number of nitrogens with two attached hydrogens (primary N) is 2. The number of aromatic amines is 1. The molecule has 0 fully saturated rings. The van der Waals surface area contributed by atoms with Gasteiger partial charge in [0.25, 0.3) is 5.91 Å². The summed E-state index contributed by atoms with van der Waals surface area (Å²) in [7, 11) is 0. The largest absolute Gasteiger partial charge is 0.492 e. The van der Waals surface area contributed by atoms with E-state index in [-0.39, 0.29) is 11.4 Å². The van der Waals surface area contributed by atoms with Crippen LogP contribution in [0.4, 0.5) is 10.5 Å². The molecule has 8 nitrogen and oxygen atoms in total. The molecule has 0 aliphatic carbocycles. The molecular weight excluding hydrogens is 322 g/mol. The van der Waals surface area contributed by atoms with Crippen LogP contribution in [0, 0.1) is 0 Å². The van der Waals surface area contributed by atoms with Gasteiger partial charge in [0.1, 0.15) is 22.8 Å². The van der Waals surface area contributed by atoms with Crippen molar-refractivity contribution in [1.29, 1.82) is 0 Å². The van der Waals surface area contributed by atoms with E-state index >= 15 is 0 Å². The Balaban J connectivity index is 2.43. The summed E-state index contributed by atoms with van der Waals surface area (Å²) < 4.78 is 5.49. The second kappa shape index (κ2) is 7.01. The van der Waals surface area contributed by atoms with Crippen molar-refractivity contribution in [1.82, 2.24) is 10.2 Å². The molecule has 1 heterocycles. The van der Waals surface area contributed by atoms with Crippen LogP contribution in [0.15, 0.2) is 18.2 Å². The molecule has 0 unspecified atom stereocenters. The summed E-state index contributed by atoms with van der Waals surface area (Å²) in [6.45, 7) is 2.53. The molecule has 23 heavy (non-hydrogen) atoms. The van der Waals surface area contributed by atoms with E-state index in [1.54, 1.807) is 18.2 Å². The fourth-order valence-corrected chi connectivity index (χ4v) is 2.19. The van der Waals surface area contributed by atoms with Crippen LogP contribution in [0.2, 0.25) is 5.02 Å². The van der Waals surface area contributed by atoms with Crippen LogP contribution in [-0.4, -0.2) is 28.7 Å². The average molecular weight is 338 g/mol. The first-order valence-electron chi connectivity index (χ1n) is 6.81. The highest BCUT2D eigenvalue weighted by Gasteiger charge is 2.20. The molecule has 0 saturated heterocycles. The Morgan fingerprint density at radius 3 is 2.70 bits per heavy atom. The Bertz CT molecular complexity index is 744. The summed E-state index contributed by atoms with van der Waals surface area (Å²) in [4.78, 5) is 22.5. The van der Waals surface area contributed by atoms with Crippen molar-refractivity contribution in [3.8, 4) is 17.0 Å². The van der Waals surface area contributed by atoms with E-state index in [0.29, 0.717) is 28.6 Å². The van der Waals surface area contributed by atoms with Crippen LogP contribution in [0.3, 0.4) is 0 Å². The number of aromatic nitrogens is 2. The molecule has 3 amide bonds. The van der Waals surface area contributed by atoms with Crippen LogP contribution in [0.5, 0.6) is 5.75 Å². The quantitative estimate of drug-likeness (QED) is 0.641. The first-order chi connectivity index (χ1) is 10.9. The fraction of sp³-hybridized carbons (Fsp3) is 0.214. The number of nitrogens with zero attached hydrogens (tertiary/aromatic N) is 1. The van der Waals surface area contributed by atoms with E-state index in [0.717, 1.165) is 6.42 Å². The Kier molecular flexibility index (Phi) is 5.07. The van der Waals surface area contributed by atoms with Gasteiger partial charge in [-0.1, -0.05) is 18.5 Å². The van der Waals surface area contributed by atoms with Crippen molar-refractivity contribution >= 4 is 29.2 Å². The number of H-pyrrole nitrogens is 1. The van der Waals surface area contributed by atoms with Gasteiger partial charge in [-0.3, -0.25) is 9.89 Å². The molecule has 6 N–H and O–H groups in total. The van der Waals surface area contributed by atoms with Crippen LogP contribution in [0.1, 0.15) is 23.8 Å². The van der Waals surface area contributed by atoms with Crippen molar-refractivity contribution in [2.75, 3.05) is 11.9 Å². The van der Waals surface area contributed by atoms with Gasteiger partial charge in [0.2, 0.25) is 0 Å². The van der Waals surface area contributed by atoms with E-state index in [1.165, 1.54) is 0 Å². The number of carbonyl (C=O) groups excluding carboxylic acids is 2. The maximum absolute atomic E-state index is 11.4. The topological polar surface area (TPSA) is 136 Å². The molecule has 0 aliphatic heterocycles. The maximum Gasteiger partial charge on any atom is 0.316 e. The molecule has 0 saturated carbocycles. The van der Waals surface area contributed by atoms with Crippen molar-refractivity contribution < 1.29 is 14.3 Å². The summed E-state index contributed by atoms with van der Waals surface area (Å²) in [5, 5.41) is 9.19. The average Bonchev–Trinajstić information content (AvgIpc) is 2.89. The highest BCUT2D eigenvalue weighted by molar-refractivity contribution is 6.32. The van der Waals surface area contributed by atoms with Crippen molar-refractivity contribution in [2.45, 2.75) is 13.3 Å². The molecule has 122 valence electrons. The molecule has 2 rings (SSSR count). The predicted octanol–water partition coefficient (Wildman–Crippen LogP) is 2.11. The monoisotopic (exact) mass is 337 g/mol. The third-order valence-electron chi connectivity index (χ3n) is 2.93. The van der Waals surface area contributed by atoms with Crippen molar-refractivity contribution in [2.24, 2.45) is 11.5 Å². The maximum atomic E-state index is 11.4. The Morgan fingerprint density at radius 1 is 1.39 bits per heavy atom. The van der Waals surface area contributed by atoms with Gasteiger partial charge in [0, 0.05) is 5.56 Å². The van der Waals surface area contributed by atoms with E-state index in [4.69, 9.17) is 27.8 Å². The Labute approximate surface area is 137 Å². The molecule has 0 spiro atoms. The van der Waals surface area contributed by atoms with Crippen molar-refractivity contribution in [3.05, 3.63) is 28.9 Å². The minimum atomic E-state index is -0.843. The van der Waals surface area contributed by atoms with E-state index in [9.17, 15) is 9.59 Å². The summed E-state index contributed by atoms with van der Waals surface area (Å²) in [6, 6.07) is 4.15. The van der Waals surface area contributed by atoms with Gasteiger partial charge in [-0.2, -0.15) is 5.10 Å². The lowest BCUT2D eigenvalue weighted by Gasteiger charge is -2.09. The van der Waals surface area contributed by atoms with E-state index in [2.05, 4.69) is 15.5 Å². The lowest BCUT2D eigenvalue weighted by Crippen LogP contribution is -2.22. The molecule has 0 radical (unpaired) electrons. The minimum Gasteiger partial charge on any atom is -0.492 e. The second-order valence-corrected chi connectivity index (χ2v) is 5.08. The number of nitrogens with one attached hydrogen (secondary N) is 2. The highest BCUT2D eigenvalue weighted by atomic mass is 35.5. The zero-order chi connectivity index (χ0) is 17.0. The minimum absolute atomic E-state index is 0.0544. The smallest absolute Gasteiger partial charge is 0.316 e. The second-order valence-electron chi connectivity index (χ2n) is 4.67. The van der Waals surface area contributed by atoms with Crippen LogP contribution in [0.25, 0.3) is 11.3 Å². The third kappa shape index (κ3) is 3.72. The van der Waals surface area contributed by atoms with E-state index < -0.39 is 11.9 Å². The predicted molar refractivity (Wildman–Crippen MR) is 86.5 cm³/mol. The van der Waals surface area contributed by atoms with Gasteiger partial charge in [-0.05, 0) is 24.6 Å². The van der Waals surface area contributed by atoms with Crippen LogP contribution >= 0.6 is 11.6 Å².